The first-order valence-electron chi connectivity index (χ1n) is 5.76. The molecule has 0 radical (unpaired) electrons. The molecule has 1 N–H and O–H groups in total. The third kappa shape index (κ3) is 3.90. The Balaban J connectivity index is 2.01. The molecular formula is C16H12O2S. The van der Waals surface area contributed by atoms with Gasteiger partial charge in [0, 0.05) is 10.5 Å². The number of rotatable bonds is 3. The molecule has 19 heavy (non-hydrogen) atoms. The molecule has 0 aliphatic rings. The van der Waals surface area contributed by atoms with Crippen molar-refractivity contribution in [2.24, 2.45) is 0 Å². The summed E-state index contributed by atoms with van der Waals surface area (Å²) in [5.41, 5.74) is 1.30. The largest absolute Gasteiger partial charge is 0.478 e. The molecule has 0 unspecified atom stereocenters. The van der Waals surface area contributed by atoms with Gasteiger partial charge >= 0.3 is 5.97 Å². The molecule has 0 spiro atoms. The number of aromatic carboxylic acids is 1. The lowest BCUT2D eigenvalue weighted by Gasteiger charge is -2.02. The first-order chi connectivity index (χ1) is 9.27. The van der Waals surface area contributed by atoms with E-state index in [1.54, 1.807) is 18.2 Å². The van der Waals surface area contributed by atoms with Crippen LogP contribution in [0.5, 0.6) is 0 Å². The fourth-order valence-electron chi connectivity index (χ4n) is 1.54. The molecule has 0 aliphatic carbocycles. The van der Waals surface area contributed by atoms with E-state index in [4.69, 9.17) is 5.11 Å². The lowest BCUT2D eigenvalue weighted by atomic mass is 10.2. The molecule has 0 heterocycles. The average molecular weight is 268 g/mol. The van der Waals surface area contributed by atoms with Gasteiger partial charge in [0.2, 0.25) is 0 Å². The Bertz CT molecular complexity index is 624. The van der Waals surface area contributed by atoms with Gasteiger partial charge in [-0.3, -0.25) is 0 Å². The van der Waals surface area contributed by atoms with Gasteiger partial charge in [-0.2, -0.15) is 0 Å². The lowest BCUT2D eigenvalue weighted by Crippen LogP contribution is -1.98. The fraction of sp³-hybridized carbons (Fsp3) is 0.0625. The standard InChI is InChI=1S/C16H12O2S/c17-16(18)14-10-4-5-11-15(14)19-12-6-9-13-7-2-1-3-8-13/h1-5,7-8,10-11H,12H2,(H,17,18). The lowest BCUT2D eigenvalue weighted by molar-refractivity contribution is 0.0693. The summed E-state index contributed by atoms with van der Waals surface area (Å²) in [6, 6.07) is 16.7. The summed E-state index contributed by atoms with van der Waals surface area (Å²) in [6.45, 7) is 0. The molecule has 0 saturated carbocycles. The Hall–Kier alpha value is -2.18. The van der Waals surface area contributed by atoms with E-state index >= 15 is 0 Å². The Kier molecular flexibility index (Phi) is 4.66. The van der Waals surface area contributed by atoms with Crippen LogP contribution in [0.1, 0.15) is 15.9 Å². The first kappa shape index (κ1) is 13.3. The molecule has 94 valence electrons. The van der Waals surface area contributed by atoms with Crippen molar-refractivity contribution >= 4 is 17.7 Å². The van der Waals surface area contributed by atoms with Crippen LogP contribution in [0.15, 0.2) is 59.5 Å². The highest BCUT2D eigenvalue weighted by Crippen LogP contribution is 2.22. The van der Waals surface area contributed by atoms with Crippen LogP contribution < -0.4 is 0 Å². The Morgan fingerprint density at radius 2 is 1.74 bits per heavy atom. The number of benzene rings is 2. The third-order valence-electron chi connectivity index (χ3n) is 2.42. The van der Waals surface area contributed by atoms with Crippen molar-refractivity contribution in [1.29, 1.82) is 0 Å². The van der Waals surface area contributed by atoms with E-state index in [0.717, 1.165) is 10.5 Å². The summed E-state index contributed by atoms with van der Waals surface area (Å²) in [6.07, 6.45) is 0. The SMILES string of the molecule is O=C(O)c1ccccc1SCC#Cc1ccccc1. The van der Waals surface area contributed by atoms with Gasteiger partial charge in [-0.15, -0.1) is 11.8 Å². The topological polar surface area (TPSA) is 37.3 Å². The molecule has 2 rings (SSSR count). The molecular weight excluding hydrogens is 256 g/mol. The van der Waals surface area contributed by atoms with E-state index in [9.17, 15) is 4.79 Å². The van der Waals surface area contributed by atoms with Crippen LogP contribution in [-0.2, 0) is 0 Å². The number of hydrogen-bond donors (Lipinski definition) is 1. The van der Waals surface area contributed by atoms with E-state index in [0.29, 0.717) is 11.3 Å². The van der Waals surface area contributed by atoms with Gasteiger partial charge in [-0.25, -0.2) is 4.79 Å². The summed E-state index contributed by atoms with van der Waals surface area (Å²) >= 11 is 1.44. The number of thioether (sulfide) groups is 1. The van der Waals surface area contributed by atoms with Crippen molar-refractivity contribution < 1.29 is 9.90 Å². The quantitative estimate of drug-likeness (QED) is 0.683. The molecule has 0 amide bonds. The van der Waals surface area contributed by atoms with Crippen molar-refractivity contribution in [2.75, 3.05) is 5.75 Å². The smallest absolute Gasteiger partial charge is 0.336 e. The van der Waals surface area contributed by atoms with Gasteiger partial charge in [0.05, 0.1) is 11.3 Å². The van der Waals surface area contributed by atoms with Crippen molar-refractivity contribution in [3.05, 3.63) is 65.7 Å². The van der Waals surface area contributed by atoms with Gasteiger partial charge in [-0.05, 0) is 24.3 Å². The third-order valence-corrected chi connectivity index (χ3v) is 3.38. The van der Waals surface area contributed by atoms with E-state index in [-0.39, 0.29) is 0 Å². The Morgan fingerprint density at radius 1 is 1.05 bits per heavy atom. The fourth-order valence-corrected chi connectivity index (χ4v) is 2.33. The minimum atomic E-state index is -0.904. The van der Waals surface area contributed by atoms with Crippen molar-refractivity contribution in [2.45, 2.75) is 4.90 Å². The van der Waals surface area contributed by atoms with E-state index in [2.05, 4.69) is 11.8 Å². The Labute approximate surface area is 116 Å². The second-order valence-electron chi connectivity index (χ2n) is 3.76. The van der Waals surface area contributed by atoms with Crippen molar-refractivity contribution in [1.82, 2.24) is 0 Å². The van der Waals surface area contributed by atoms with E-state index in [1.165, 1.54) is 11.8 Å². The van der Waals surface area contributed by atoms with Crippen LogP contribution in [0.4, 0.5) is 0 Å². The van der Waals surface area contributed by atoms with Crippen molar-refractivity contribution in [3.63, 3.8) is 0 Å². The van der Waals surface area contributed by atoms with Crippen LogP contribution in [0.25, 0.3) is 0 Å². The minimum absolute atomic E-state index is 0.328. The monoisotopic (exact) mass is 268 g/mol. The summed E-state index contributed by atoms with van der Waals surface area (Å²) in [7, 11) is 0. The number of carboxylic acids is 1. The molecule has 0 atom stereocenters. The zero-order valence-corrected chi connectivity index (χ0v) is 11.0. The number of carbonyl (C=O) groups is 1. The van der Waals surface area contributed by atoms with Gasteiger partial charge in [0.15, 0.2) is 0 Å². The molecule has 2 aromatic carbocycles. The van der Waals surface area contributed by atoms with Crippen LogP contribution in [-0.4, -0.2) is 16.8 Å². The van der Waals surface area contributed by atoms with Gasteiger partial charge in [0.25, 0.3) is 0 Å². The highest BCUT2D eigenvalue weighted by Gasteiger charge is 2.08. The maximum atomic E-state index is 11.0. The van der Waals surface area contributed by atoms with Gasteiger partial charge in [0.1, 0.15) is 0 Å². The highest BCUT2D eigenvalue weighted by atomic mass is 32.2. The Morgan fingerprint density at radius 3 is 2.47 bits per heavy atom. The maximum absolute atomic E-state index is 11.0. The second-order valence-corrected chi connectivity index (χ2v) is 4.77. The van der Waals surface area contributed by atoms with Crippen molar-refractivity contribution in [3.8, 4) is 11.8 Å². The summed E-state index contributed by atoms with van der Waals surface area (Å²) in [5.74, 6) is 5.75. The normalized spacial score (nSPS) is 9.47. The van der Waals surface area contributed by atoms with Gasteiger partial charge in [-0.1, -0.05) is 42.2 Å². The summed E-state index contributed by atoms with van der Waals surface area (Å²) in [4.78, 5) is 11.8. The number of hydrogen-bond acceptors (Lipinski definition) is 2. The number of carboxylic acid groups (broad SMARTS) is 1. The van der Waals surface area contributed by atoms with Crippen LogP contribution >= 0.6 is 11.8 Å². The van der Waals surface area contributed by atoms with Crippen LogP contribution in [0.2, 0.25) is 0 Å². The molecule has 0 aliphatic heterocycles. The van der Waals surface area contributed by atoms with Crippen LogP contribution in [0.3, 0.4) is 0 Å². The molecule has 0 aromatic heterocycles. The van der Waals surface area contributed by atoms with Crippen LogP contribution in [0, 0.1) is 11.8 Å². The highest BCUT2D eigenvalue weighted by molar-refractivity contribution is 7.99. The average Bonchev–Trinajstić information content (AvgIpc) is 2.45. The summed E-state index contributed by atoms with van der Waals surface area (Å²) < 4.78 is 0. The zero-order chi connectivity index (χ0) is 13.5. The minimum Gasteiger partial charge on any atom is -0.478 e. The molecule has 0 saturated heterocycles. The van der Waals surface area contributed by atoms with E-state index < -0.39 is 5.97 Å². The van der Waals surface area contributed by atoms with E-state index in [1.807, 2.05) is 36.4 Å². The predicted molar refractivity (Wildman–Crippen MR) is 77.4 cm³/mol. The second kappa shape index (κ2) is 6.67. The maximum Gasteiger partial charge on any atom is 0.336 e. The molecule has 0 bridgehead atoms. The molecule has 3 heteroatoms. The van der Waals surface area contributed by atoms with Gasteiger partial charge < -0.3 is 5.11 Å². The molecule has 2 nitrogen and oxygen atoms in total. The summed E-state index contributed by atoms with van der Waals surface area (Å²) in [5, 5.41) is 9.05. The first-order valence-corrected chi connectivity index (χ1v) is 6.75. The molecule has 2 aromatic rings. The zero-order valence-electron chi connectivity index (χ0n) is 10.2. The molecule has 0 fully saturated rings. The predicted octanol–water partition coefficient (Wildman–Crippen LogP) is 3.53.